The van der Waals surface area contributed by atoms with E-state index in [9.17, 15) is 4.79 Å². The molecule has 0 aromatic heterocycles. The molecule has 0 saturated carbocycles. The van der Waals surface area contributed by atoms with Crippen molar-refractivity contribution in [2.24, 2.45) is 0 Å². The molecule has 1 atom stereocenters. The Morgan fingerprint density at radius 1 is 1.32 bits per heavy atom. The Balaban J connectivity index is 2.74. The minimum Gasteiger partial charge on any atom is -0.468 e. The van der Waals surface area contributed by atoms with Crippen LogP contribution in [0.4, 0.5) is 0 Å². The zero-order valence-corrected chi connectivity index (χ0v) is 12.3. The molecule has 0 aliphatic carbocycles. The van der Waals surface area contributed by atoms with Gasteiger partial charge in [0.2, 0.25) is 0 Å². The van der Waals surface area contributed by atoms with Crippen molar-refractivity contribution in [2.75, 3.05) is 34.3 Å². The summed E-state index contributed by atoms with van der Waals surface area (Å²) in [7, 11) is 5.43. The van der Waals surface area contributed by atoms with Gasteiger partial charge in [0.1, 0.15) is 6.04 Å². The van der Waals surface area contributed by atoms with Gasteiger partial charge < -0.3 is 9.64 Å². The molecule has 0 fully saturated rings. The second-order valence-electron chi connectivity index (χ2n) is 4.81. The first-order valence-corrected chi connectivity index (χ1v) is 6.63. The lowest BCUT2D eigenvalue weighted by Gasteiger charge is -2.18. The molecule has 106 valence electrons. The molecule has 1 aromatic rings. The Labute approximate surface area is 115 Å². The predicted octanol–water partition coefficient (Wildman–Crippen LogP) is 1.61. The minimum atomic E-state index is -0.393. The smallest absolute Gasteiger partial charge is 0.327 e. The van der Waals surface area contributed by atoms with Crippen molar-refractivity contribution in [2.45, 2.75) is 19.4 Å². The molecule has 4 heteroatoms. The summed E-state index contributed by atoms with van der Waals surface area (Å²) >= 11 is 0. The van der Waals surface area contributed by atoms with Gasteiger partial charge in [-0.3, -0.25) is 5.32 Å². The van der Waals surface area contributed by atoms with Gasteiger partial charge in [0.05, 0.1) is 7.11 Å². The molecule has 0 heterocycles. The van der Waals surface area contributed by atoms with Gasteiger partial charge in [0.15, 0.2) is 0 Å². The van der Waals surface area contributed by atoms with Gasteiger partial charge in [-0.2, -0.15) is 0 Å². The fraction of sp³-hybridized carbons (Fsp3) is 0.533. The number of nitrogens with one attached hydrogen (secondary N) is 1. The molecule has 0 radical (unpaired) electrons. The van der Waals surface area contributed by atoms with Gasteiger partial charge >= 0.3 is 5.97 Å². The molecule has 1 N–H and O–H groups in total. The van der Waals surface area contributed by atoms with Crippen molar-refractivity contribution in [1.82, 2.24) is 10.2 Å². The molecule has 1 rings (SSSR count). The number of carbonyl (C=O) groups excluding carboxylic acids is 1. The van der Waals surface area contributed by atoms with E-state index in [0.29, 0.717) is 0 Å². The van der Waals surface area contributed by atoms with E-state index in [1.165, 1.54) is 12.7 Å². The van der Waals surface area contributed by atoms with Crippen LogP contribution in [-0.4, -0.2) is 45.2 Å². The van der Waals surface area contributed by atoms with Crippen LogP contribution in [0.3, 0.4) is 0 Å². The lowest BCUT2D eigenvalue weighted by molar-refractivity contribution is -0.143. The van der Waals surface area contributed by atoms with Gasteiger partial charge in [-0.1, -0.05) is 31.2 Å². The van der Waals surface area contributed by atoms with Crippen molar-refractivity contribution >= 4 is 5.97 Å². The van der Waals surface area contributed by atoms with Crippen molar-refractivity contribution in [1.29, 1.82) is 0 Å². The normalized spacial score (nSPS) is 12.5. The fourth-order valence-electron chi connectivity index (χ4n) is 1.83. The number of carbonyl (C=O) groups is 1. The van der Waals surface area contributed by atoms with Crippen molar-refractivity contribution in [3.05, 3.63) is 35.4 Å². The SMILES string of the molecule is CCc1ccc(C(NCCN(C)C)C(=O)OC)cc1. The Morgan fingerprint density at radius 2 is 1.95 bits per heavy atom. The molecule has 0 aliphatic heterocycles. The molecule has 1 aromatic carbocycles. The summed E-state index contributed by atoms with van der Waals surface area (Å²) in [6.45, 7) is 3.73. The molecule has 0 bridgehead atoms. The number of aryl methyl sites for hydroxylation is 1. The number of rotatable bonds is 7. The molecule has 0 spiro atoms. The lowest BCUT2D eigenvalue weighted by atomic mass is 10.0. The largest absolute Gasteiger partial charge is 0.468 e. The summed E-state index contributed by atoms with van der Waals surface area (Å²) in [4.78, 5) is 13.9. The number of hydrogen-bond donors (Lipinski definition) is 1. The summed E-state index contributed by atoms with van der Waals surface area (Å²) < 4.78 is 4.87. The molecule has 0 amide bonds. The predicted molar refractivity (Wildman–Crippen MR) is 77.1 cm³/mol. The maximum absolute atomic E-state index is 11.8. The van der Waals surface area contributed by atoms with E-state index in [2.05, 4.69) is 29.3 Å². The number of nitrogens with zero attached hydrogens (tertiary/aromatic N) is 1. The van der Waals surface area contributed by atoms with Crippen molar-refractivity contribution < 1.29 is 9.53 Å². The van der Waals surface area contributed by atoms with Crippen molar-refractivity contribution in [3.8, 4) is 0 Å². The third-order valence-corrected chi connectivity index (χ3v) is 3.07. The van der Waals surface area contributed by atoms with Crippen LogP contribution >= 0.6 is 0 Å². The highest BCUT2D eigenvalue weighted by Gasteiger charge is 2.20. The number of methoxy groups -OCH3 is 1. The first-order chi connectivity index (χ1) is 9.08. The summed E-state index contributed by atoms with van der Waals surface area (Å²) in [6.07, 6.45) is 0.997. The van der Waals surface area contributed by atoms with Crippen LogP contribution in [0.25, 0.3) is 0 Å². The van der Waals surface area contributed by atoms with Crippen LogP contribution in [0, 0.1) is 0 Å². The second kappa shape index (κ2) is 7.92. The molecular formula is C15H24N2O2. The quantitative estimate of drug-likeness (QED) is 0.760. The second-order valence-corrected chi connectivity index (χ2v) is 4.81. The Morgan fingerprint density at radius 3 is 2.42 bits per heavy atom. The van der Waals surface area contributed by atoms with Crippen LogP contribution in [0.1, 0.15) is 24.1 Å². The molecule has 19 heavy (non-hydrogen) atoms. The summed E-state index contributed by atoms with van der Waals surface area (Å²) in [6, 6.07) is 7.69. The Bertz CT molecular complexity index is 388. The van der Waals surface area contributed by atoms with Crippen molar-refractivity contribution in [3.63, 3.8) is 0 Å². The minimum absolute atomic E-state index is 0.247. The number of benzene rings is 1. The number of ether oxygens (including phenoxy) is 1. The van der Waals surface area contributed by atoms with Gasteiger partial charge in [-0.15, -0.1) is 0 Å². The molecule has 1 unspecified atom stereocenters. The maximum Gasteiger partial charge on any atom is 0.327 e. The highest BCUT2D eigenvalue weighted by Crippen LogP contribution is 2.15. The van der Waals surface area contributed by atoms with E-state index in [0.717, 1.165) is 25.1 Å². The Hall–Kier alpha value is -1.39. The zero-order valence-electron chi connectivity index (χ0n) is 12.3. The molecule has 4 nitrogen and oxygen atoms in total. The number of hydrogen-bond acceptors (Lipinski definition) is 4. The summed E-state index contributed by atoms with van der Waals surface area (Å²) in [5.41, 5.74) is 2.21. The van der Waals surface area contributed by atoms with E-state index in [4.69, 9.17) is 4.74 Å². The van der Waals surface area contributed by atoms with Gasteiger partial charge in [0.25, 0.3) is 0 Å². The zero-order chi connectivity index (χ0) is 14.3. The van der Waals surface area contributed by atoms with Gasteiger partial charge in [-0.25, -0.2) is 4.79 Å². The van der Waals surface area contributed by atoms with E-state index in [-0.39, 0.29) is 5.97 Å². The first-order valence-electron chi connectivity index (χ1n) is 6.63. The molecule has 0 saturated heterocycles. The topological polar surface area (TPSA) is 41.6 Å². The molecular weight excluding hydrogens is 240 g/mol. The van der Waals surface area contributed by atoms with E-state index >= 15 is 0 Å². The monoisotopic (exact) mass is 264 g/mol. The van der Waals surface area contributed by atoms with E-state index in [1.54, 1.807) is 0 Å². The standard InChI is InChI=1S/C15H24N2O2/c1-5-12-6-8-13(9-7-12)14(15(18)19-4)16-10-11-17(2)3/h6-9,14,16H,5,10-11H2,1-4H3. The maximum atomic E-state index is 11.8. The first kappa shape index (κ1) is 15.7. The summed E-state index contributed by atoms with van der Waals surface area (Å²) in [5, 5.41) is 3.24. The molecule has 0 aliphatic rings. The third kappa shape index (κ3) is 5.01. The van der Waals surface area contributed by atoms with Crippen LogP contribution in [0.15, 0.2) is 24.3 Å². The van der Waals surface area contributed by atoms with Crippen LogP contribution in [0.5, 0.6) is 0 Å². The van der Waals surface area contributed by atoms with Crippen LogP contribution in [0.2, 0.25) is 0 Å². The van der Waals surface area contributed by atoms with Crippen LogP contribution in [-0.2, 0) is 16.0 Å². The number of esters is 1. The Kier molecular flexibility index (Phi) is 6.53. The highest BCUT2D eigenvalue weighted by atomic mass is 16.5. The van der Waals surface area contributed by atoms with Gasteiger partial charge in [0, 0.05) is 13.1 Å². The van der Waals surface area contributed by atoms with Crippen LogP contribution < -0.4 is 5.32 Å². The number of likely N-dealkylation sites (N-methyl/N-ethyl adjacent to an activating group) is 1. The van der Waals surface area contributed by atoms with E-state index < -0.39 is 6.04 Å². The van der Waals surface area contributed by atoms with E-state index in [1.807, 2.05) is 26.2 Å². The highest BCUT2D eigenvalue weighted by molar-refractivity contribution is 5.77. The lowest BCUT2D eigenvalue weighted by Crippen LogP contribution is -2.34. The summed E-state index contributed by atoms with van der Waals surface area (Å²) in [5.74, 6) is -0.247. The fourth-order valence-corrected chi connectivity index (χ4v) is 1.83. The average Bonchev–Trinajstić information content (AvgIpc) is 2.43. The van der Waals surface area contributed by atoms with Gasteiger partial charge in [-0.05, 0) is 31.6 Å². The average molecular weight is 264 g/mol. The third-order valence-electron chi connectivity index (χ3n) is 3.07.